The molecule has 0 aliphatic heterocycles. The monoisotopic (exact) mass is 371 g/mol. The summed E-state index contributed by atoms with van der Waals surface area (Å²) in [6.45, 7) is 3.68. The Hall–Kier alpha value is -3.26. The fraction of sp³-hybridized carbons (Fsp3) is 0.263. The largest absolute Gasteiger partial charge is 0.375 e. The second kappa shape index (κ2) is 8.91. The van der Waals surface area contributed by atoms with Gasteiger partial charge in [-0.25, -0.2) is 0 Å². The van der Waals surface area contributed by atoms with E-state index in [9.17, 15) is 19.7 Å². The van der Waals surface area contributed by atoms with E-state index in [0.717, 1.165) is 11.1 Å². The predicted molar refractivity (Wildman–Crippen MR) is 100 cm³/mol. The van der Waals surface area contributed by atoms with Gasteiger partial charge >= 0.3 is 11.8 Å². The first-order valence-corrected chi connectivity index (χ1v) is 8.26. The van der Waals surface area contributed by atoms with Crippen LogP contribution in [0.15, 0.2) is 42.5 Å². The third-order valence-corrected chi connectivity index (χ3v) is 4.14. The summed E-state index contributed by atoms with van der Waals surface area (Å²) < 4.78 is 5.41. The van der Waals surface area contributed by atoms with Crippen molar-refractivity contribution in [3.63, 3.8) is 0 Å². The normalized spacial score (nSPS) is 11.5. The number of anilines is 1. The van der Waals surface area contributed by atoms with Crippen LogP contribution in [0.25, 0.3) is 0 Å². The summed E-state index contributed by atoms with van der Waals surface area (Å²) >= 11 is 0. The molecular formula is C19H21N3O5. The number of non-ortho nitro benzene ring substituents is 1. The summed E-state index contributed by atoms with van der Waals surface area (Å²) in [5.41, 5.74) is 2.68. The molecule has 1 unspecified atom stereocenters. The lowest BCUT2D eigenvalue weighted by Gasteiger charge is -2.18. The average Bonchev–Trinajstić information content (AvgIpc) is 2.64. The van der Waals surface area contributed by atoms with Crippen molar-refractivity contribution >= 4 is 23.2 Å². The number of rotatable bonds is 6. The van der Waals surface area contributed by atoms with Crippen molar-refractivity contribution in [2.45, 2.75) is 20.0 Å². The first-order valence-electron chi connectivity index (χ1n) is 8.26. The van der Waals surface area contributed by atoms with Gasteiger partial charge in [-0.2, -0.15) is 0 Å². The average molecular weight is 371 g/mol. The van der Waals surface area contributed by atoms with Gasteiger partial charge in [0.05, 0.1) is 11.0 Å². The summed E-state index contributed by atoms with van der Waals surface area (Å²) in [5.74, 6) is -1.67. The van der Waals surface area contributed by atoms with Gasteiger partial charge in [0.2, 0.25) is 0 Å². The highest BCUT2D eigenvalue weighted by Gasteiger charge is 2.19. The second-order valence-corrected chi connectivity index (χ2v) is 6.00. The Balaban J connectivity index is 1.98. The highest BCUT2D eigenvalue weighted by molar-refractivity contribution is 6.39. The number of carbonyl (C=O) groups excluding carboxylic acids is 2. The number of amides is 2. The van der Waals surface area contributed by atoms with E-state index >= 15 is 0 Å². The van der Waals surface area contributed by atoms with Gasteiger partial charge in [-0.1, -0.05) is 24.3 Å². The molecule has 0 aromatic heterocycles. The quantitative estimate of drug-likeness (QED) is 0.461. The Labute approximate surface area is 156 Å². The van der Waals surface area contributed by atoms with Crippen molar-refractivity contribution in [3.8, 4) is 0 Å². The minimum atomic E-state index is -0.855. The summed E-state index contributed by atoms with van der Waals surface area (Å²) in [5, 5.41) is 15.8. The molecule has 2 amide bonds. The molecule has 8 heteroatoms. The molecule has 8 nitrogen and oxygen atoms in total. The van der Waals surface area contributed by atoms with Gasteiger partial charge in [0, 0.05) is 31.5 Å². The lowest BCUT2D eigenvalue weighted by molar-refractivity contribution is -0.384. The van der Waals surface area contributed by atoms with Crippen molar-refractivity contribution in [3.05, 3.63) is 69.3 Å². The molecule has 0 aliphatic rings. The van der Waals surface area contributed by atoms with Crippen LogP contribution in [0.4, 0.5) is 11.4 Å². The topological polar surface area (TPSA) is 111 Å². The van der Waals surface area contributed by atoms with Gasteiger partial charge < -0.3 is 15.4 Å². The maximum Gasteiger partial charge on any atom is 0.313 e. The van der Waals surface area contributed by atoms with E-state index in [0.29, 0.717) is 11.3 Å². The van der Waals surface area contributed by atoms with Crippen LogP contribution in [0.5, 0.6) is 0 Å². The molecule has 0 bridgehead atoms. The minimum absolute atomic E-state index is 0.0869. The van der Waals surface area contributed by atoms with E-state index < -0.39 is 16.7 Å². The van der Waals surface area contributed by atoms with Crippen molar-refractivity contribution in [1.82, 2.24) is 5.32 Å². The van der Waals surface area contributed by atoms with E-state index in [1.807, 2.05) is 31.2 Å². The molecule has 2 aromatic rings. The van der Waals surface area contributed by atoms with Gasteiger partial charge in [-0.3, -0.25) is 19.7 Å². The molecule has 1 atom stereocenters. The van der Waals surface area contributed by atoms with Crippen LogP contribution in [0.1, 0.15) is 22.8 Å². The van der Waals surface area contributed by atoms with Gasteiger partial charge in [-0.15, -0.1) is 0 Å². The molecule has 0 saturated carbocycles. The minimum Gasteiger partial charge on any atom is -0.375 e. The van der Waals surface area contributed by atoms with Gasteiger partial charge in [0.15, 0.2) is 0 Å². The Morgan fingerprint density at radius 2 is 1.81 bits per heavy atom. The van der Waals surface area contributed by atoms with Crippen LogP contribution in [0.2, 0.25) is 0 Å². The number of methoxy groups -OCH3 is 1. The predicted octanol–water partition coefficient (Wildman–Crippen LogP) is 2.65. The zero-order valence-corrected chi connectivity index (χ0v) is 15.3. The lowest BCUT2D eigenvalue weighted by atomic mass is 10.0. The van der Waals surface area contributed by atoms with Gasteiger partial charge in [0.25, 0.3) is 5.69 Å². The Morgan fingerprint density at radius 3 is 2.41 bits per heavy atom. The molecule has 2 rings (SSSR count). The van der Waals surface area contributed by atoms with E-state index in [1.54, 1.807) is 6.92 Å². The molecule has 0 radical (unpaired) electrons. The molecule has 27 heavy (non-hydrogen) atoms. The number of aryl methyl sites for hydroxylation is 2. The molecule has 2 aromatic carbocycles. The standard InChI is InChI=1S/C19H21N3O5/c1-12-6-4-5-7-15(12)17(27-3)11-20-18(23)19(24)21-16-9-8-14(22(25)26)10-13(16)2/h4-10,17H,11H2,1-3H3,(H,20,23)(H,21,24). The fourth-order valence-corrected chi connectivity index (χ4v) is 2.61. The number of nitro groups is 1. The van der Waals surface area contributed by atoms with Crippen molar-refractivity contribution < 1.29 is 19.2 Å². The number of hydrogen-bond donors (Lipinski definition) is 2. The molecule has 0 fully saturated rings. The summed E-state index contributed by atoms with van der Waals surface area (Å²) in [6.07, 6.45) is -0.385. The molecule has 142 valence electrons. The first-order chi connectivity index (χ1) is 12.8. The van der Waals surface area contributed by atoms with Gasteiger partial charge in [-0.05, 0) is 36.6 Å². The fourth-order valence-electron chi connectivity index (χ4n) is 2.61. The zero-order valence-electron chi connectivity index (χ0n) is 15.3. The Kier molecular flexibility index (Phi) is 6.62. The maximum atomic E-state index is 12.1. The van der Waals surface area contributed by atoms with E-state index in [-0.39, 0.29) is 18.3 Å². The highest BCUT2D eigenvalue weighted by atomic mass is 16.6. The number of benzene rings is 2. The smallest absolute Gasteiger partial charge is 0.313 e. The van der Waals surface area contributed by atoms with Crippen molar-refractivity contribution in [1.29, 1.82) is 0 Å². The zero-order chi connectivity index (χ0) is 20.0. The Bertz CT molecular complexity index is 866. The van der Waals surface area contributed by atoms with E-state index in [1.165, 1.54) is 25.3 Å². The van der Waals surface area contributed by atoms with Crippen LogP contribution in [0, 0.1) is 24.0 Å². The molecule has 0 heterocycles. The molecular weight excluding hydrogens is 350 g/mol. The molecule has 0 spiro atoms. The van der Waals surface area contributed by atoms with Crippen LogP contribution in [-0.2, 0) is 14.3 Å². The Morgan fingerprint density at radius 1 is 1.11 bits per heavy atom. The summed E-state index contributed by atoms with van der Waals surface area (Å²) in [7, 11) is 1.53. The molecule has 2 N–H and O–H groups in total. The summed E-state index contributed by atoms with van der Waals surface area (Å²) in [4.78, 5) is 34.4. The van der Waals surface area contributed by atoms with E-state index in [2.05, 4.69) is 10.6 Å². The number of hydrogen-bond acceptors (Lipinski definition) is 5. The number of nitro benzene ring substituents is 1. The highest BCUT2D eigenvalue weighted by Crippen LogP contribution is 2.21. The lowest BCUT2D eigenvalue weighted by Crippen LogP contribution is -2.38. The molecule has 0 saturated heterocycles. The first kappa shape index (κ1) is 20.1. The summed E-state index contributed by atoms with van der Waals surface area (Å²) in [6, 6.07) is 11.6. The number of ether oxygens (including phenoxy) is 1. The van der Waals surface area contributed by atoms with Crippen LogP contribution >= 0.6 is 0 Å². The second-order valence-electron chi connectivity index (χ2n) is 6.00. The number of carbonyl (C=O) groups is 2. The number of nitrogens with zero attached hydrogens (tertiary/aromatic N) is 1. The van der Waals surface area contributed by atoms with Gasteiger partial charge in [0.1, 0.15) is 0 Å². The van der Waals surface area contributed by atoms with Crippen LogP contribution in [-0.4, -0.2) is 30.4 Å². The third-order valence-electron chi connectivity index (χ3n) is 4.14. The van der Waals surface area contributed by atoms with Crippen molar-refractivity contribution in [2.75, 3.05) is 19.0 Å². The third kappa shape index (κ3) is 5.11. The van der Waals surface area contributed by atoms with Crippen LogP contribution < -0.4 is 10.6 Å². The SMILES string of the molecule is COC(CNC(=O)C(=O)Nc1ccc([N+](=O)[O-])cc1C)c1ccccc1C. The molecule has 0 aliphatic carbocycles. The van der Waals surface area contributed by atoms with Crippen LogP contribution in [0.3, 0.4) is 0 Å². The number of nitrogens with one attached hydrogen (secondary N) is 2. The maximum absolute atomic E-state index is 12.1. The van der Waals surface area contributed by atoms with E-state index in [4.69, 9.17) is 4.74 Å². The van der Waals surface area contributed by atoms with Crippen molar-refractivity contribution in [2.24, 2.45) is 0 Å².